The van der Waals surface area contributed by atoms with Crippen LogP contribution in [-0.4, -0.2) is 52.9 Å². The number of rotatable bonds is 2. The lowest BCUT2D eigenvalue weighted by Crippen LogP contribution is -2.40. The van der Waals surface area contributed by atoms with Crippen molar-refractivity contribution >= 4 is 17.5 Å². The minimum atomic E-state index is -0.286. The molecular formula is C13H18N4O3. The fourth-order valence-electron chi connectivity index (χ4n) is 2.12. The summed E-state index contributed by atoms with van der Waals surface area (Å²) in [6, 6.07) is 2.82. The van der Waals surface area contributed by atoms with Crippen molar-refractivity contribution in [3.05, 3.63) is 28.7 Å². The van der Waals surface area contributed by atoms with Crippen LogP contribution in [0.1, 0.15) is 6.42 Å². The lowest BCUT2D eigenvalue weighted by Gasteiger charge is -2.20. The maximum Gasteiger partial charge on any atom is 0.251 e. The Morgan fingerprint density at radius 2 is 2.05 bits per heavy atom. The minimum absolute atomic E-state index is 0.0619. The predicted molar refractivity (Wildman–Crippen MR) is 73.9 cm³/mol. The van der Waals surface area contributed by atoms with Crippen LogP contribution in [0.2, 0.25) is 0 Å². The maximum absolute atomic E-state index is 12.2. The number of carbonyl (C=O) groups is 2. The molecule has 1 aliphatic rings. The average molecular weight is 278 g/mol. The number of hydrogen-bond acceptors (Lipinski definition) is 4. The molecular weight excluding hydrogens is 260 g/mol. The van der Waals surface area contributed by atoms with Gasteiger partial charge in [0.25, 0.3) is 5.56 Å². The van der Waals surface area contributed by atoms with Gasteiger partial charge in [-0.15, -0.1) is 0 Å². The van der Waals surface area contributed by atoms with Crippen molar-refractivity contribution in [1.82, 2.24) is 14.4 Å². The van der Waals surface area contributed by atoms with Crippen LogP contribution in [-0.2, 0) is 16.1 Å². The molecule has 0 unspecified atom stereocenters. The van der Waals surface area contributed by atoms with Crippen molar-refractivity contribution in [1.29, 1.82) is 0 Å². The molecule has 0 aromatic carbocycles. The summed E-state index contributed by atoms with van der Waals surface area (Å²) in [6.07, 6.45) is 2.17. The molecule has 2 heterocycles. The van der Waals surface area contributed by atoms with Crippen molar-refractivity contribution in [3.8, 4) is 0 Å². The van der Waals surface area contributed by atoms with Gasteiger partial charge in [-0.3, -0.25) is 14.4 Å². The van der Waals surface area contributed by atoms with Gasteiger partial charge in [0.2, 0.25) is 11.8 Å². The Kier molecular flexibility index (Phi) is 4.07. The molecule has 0 saturated carbocycles. The Hall–Kier alpha value is -2.31. The molecule has 1 aromatic heterocycles. The predicted octanol–water partition coefficient (Wildman–Crippen LogP) is -0.879. The highest BCUT2D eigenvalue weighted by molar-refractivity contribution is 5.85. The first kappa shape index (κ1) is 14.1. The first-order valence-electron chi connectivity index (χ1n) is 6.45. The van der Waals surface area contributed by atoms with E-state index in [0.29, 0.717) is 18.8 Å². The van der Waals surface area contributed by atoms with Gasteiger partial charge < -0.3 is 20.1 Å². The van der Waals surface area contributed by atoms with Gasteiger partial charge in [-0.1, -0.05) is 0 Å². The molecule has 1 aliphatic heterocycles. The number of likely N-dealkylation sites (N-methyl/N-ethyl adjacent to an activating group) is 1. The molecule has 0 spiro atoms. The molecule has 0 atom stereocenters. The van der Waals surface area contributed by atoms with Gasteiger partial charge in [-0.25, -0.2) is 0 Å². The molecule has 0 aliphatic carbocycles. The van der Waals surface area contributed by atoms with Crippen molar-refractivity contribution in [3.63, 3.8) is 0 Å². The second-order valence-electron chi connectivity index (χ2n) is 4.91. The highest BCUT2D eigenvalue weighted by Crippen LogP contribution is 2.04. The summed E-state index contributed by atoms with van der Waals surface area (Å²) < 4.78 is 1.26. The number of hydrogen-bond donors (Lipinski definition) is 1. The number of aromatic nitrogens is 1. The SMILES string of the molecule is CN1CCCN(C(=O)Cn2cc(N)ccc2=O)CC1=O. The van der Waals surface area contributed by atoms with Gasteiger partial charge in [-0.2, -0.15) is 0 Å². The minimum Gasteiger partial charge on any atom is -0.398 e. The quantitative estimate of drug-likeness (QED) is 0.761. The van der Waals surface area contributed by atoms with Gasteiger partial charge in [0.05, 0.1) is 6.54 Å². The first-order chi connectivity index (χ1) is 9.47. The van der Waals surface area contributed by atoms with Crippen LogP contribution >= 0.6 is 0 Å². The Labute approximate surface area is 116 Å². The van der Waals surface area contributed by atoms with Crippen molar-refractivity contribution < 1.29 is 9.59 Å². The van der Waals surface area contributed by atoms with E-state index in [-0.39, 0.29) is 30.5 Å². The molecule has 0 bridgehead atoms. The Morgan fingerprint density at radius 3 is 2.80 bits per heavy atom. The molecule has 108 valence electrons. The third-order valence-electron chi connectivity index (χ3n) is 3.34. The van der Waals surface area contributed by atoms with E-state index >= 15 is 0 Å². The molecule has 2 N–H and O–H groups in total. The van der Waals surface area contributed by atoms with Crippen LogP contribution in [0.25, 0.3) is 0 Å². The Bertz CT molecular complexity index is 581. The third-order valence-corrected chi connectivity index (χ3v) is 3.34. The number of nitrogen functional groups attached to an aromatic ring is 1. The topological polar surface area (TPSA) is 88.6 Å². The zero-order chi connectivity index (χ0) is 14.7. The second kappa shape index (κ2) is 5.77. The summed E-state index contributed by atoms with van der Waals surface area (Å²) in [6.45, 7) is 1.13. The molecule has 20 heavy (non-hydrogen) atoms. The first-order valence-corrected chi connectivity index (χ1v) is 6.45. The number of carbonyl (C=O) groups excluding carboxylic acids is 2. The van der Waals surface area contributed by atoms with Gasteiger partial charge >= 0.3 is 0 Å². The van der Waals surface area contributed by atoms with Crippen LogP contribution in [0.15, 0.2) is 23.1 Å². The fourth-order valence-corrected chi connectivity index (χ4v) is 2.12. The molecule has 1 aromatic rings. The molecule has 1 fully saturated rings. The summed E-state index contributed by atoms with van der Waals surface area (Å²) in [7, 11) is 1.72. The molecule has 2 rings (SSSR count). The smallest absolute Gasteiger partial charge is 0.251 e. The van der Waals surface area contributed by atoms with E-state index in [2.05, 4.69) is 0 Å². The molecule has 2 amide bonds. The number of anilines is 1. The van der Waals surface area contributed by atoms with Crippen molar-refractivity contribution in [2.24, 2.45) is 0 Å². The van der Waals surface area contributed by atoms with E-state index in [1.54, 1.807) is 11.9 Å². The number of amides is 2. The van der Waals surface area contributed by atoms with Gasteiger partial charge in [0.15, 0.2) is 0 Å². The van der Waals surface area contributed by atoms with Crippen molar-refractivity contribution in [2.45, 2.75) is 13.0 Å². The fraction of sp³-hybridized carbons (Fsp3) is 0.462. The standard InChI is InChI=1S/C13H18N4O3/c1-15-5-2-6-16(8-12(15)19)13(20)9-17-7-10(14)3-4-11(17)18/h3-4,7H,2,5-6,8-9,14H2,1H3. The molecule has 7 heteroatoms. The average Bonchev–Trinajstić information content (AvgIpc) is 2.56. The number of nitrogens with two attached hydrogens (primary N) is 1. The van der Waals surface area contributed by atoms with Crippen LogP contribution < -0.4 is 11.3 Å². The van der Waals surface area contributed by atoms with E-state index in [4.69, 9.17) is 5.73 Å². The Balaban J connectivity index is 2.09. The third kappa shape index (κ3) is 3.17. The number of pyridine rings is 1. The molecule has 7 nitrogen and oxygen atoms in total. The van der Waals surface area contributed by atoms with E-state index < -0.39 is 0 Å². The van der Waals surface area contributed by atoms with E-state index in [1.165, 1.54) is 27.8 Å². The normalized spacial score (nSPS) is 16.1. The summed E-state index contributed by atoms with van der Waals surface area (Å²) in [5.74, 6) is -0.336. The van der Waals surface area contributed by atoms with Crippen LogP contribution in [0.3, 0.4) is 0 Å². The number of nitrogens with zero attached hydrogens (tertiary/aromatic N) is 3. The van der Waals surface area contributed by atoms with Crippen LogP contribution in [0, 0.1) is 0 Å². The summed E-state index contributed by atoms with van der Waals surface area (Å²) >= 11 is 0. The van der Waals surface area contributed by atoms with Crippen molar-refractivity contribution in [2.75, 3.05) is 32.4 Å². The Morgan fingerprint density at radius 1 is 1.30 bits per heavy atom. The van der Waals surface area contributed by atoms with E-state index in [0.717, 1.165) is 6.42 Å². The van der Waals surface area contributed by atoms with Crippen LogP contribution in [0.5, 0.6) is 0 Å². The van der Waals surface area contributed by atoms with Gasteiger partial charge in [0.1, 0.15) is 6.54 Å². The summed E-state index contributed by atoms with van der Waals surface area (Å²) in [5.41, 5.74) is 5.74. The van der Waals surface area contributed by atoms with Gasteiger partial charge in [0, 0.05) is 38.1 Å². The zero-order valence-electron chi connectivity index (χ0n) is 11.4. The maximum atomic E-state index is 12.2. The highest BCUT2D eigenvalue weighted by atomic mass is 16.2. The van der Waals surface area contributed by atoms with E-state index in [9.17, 15) is 14.4 Å². The highest BCUT2D eigenvalue weighted by Gasteiger charge is 2.22. The summed E-state index contributed by atoms with van der Waals surface area (Å²) in [5, 5.41) is 0. The lowest BCUT2D eigenvalue weighted by atomic mass is 10.3. The van der Waals surface area contributed by atoms with Crippen LogP contribution in [0.4, 0.5) is 5.69 Å². The van der Waals surface area contributed by atoms with Gasteiger partial charge in [-0.05, 0) is 12.5 Å². The summed E-state index contributed by atoms with van der Waals surface area (Å²) in [4.78, 5) is 38.7. The molecule has 0 radical (unpaired) electrons. The molecule has 1 saturated heterocycles. The van der Waals surface area contributed by atoms with E-state index in [1.807, 2.05) is 0 Å². The monoisotopic (exact) mass is 278 g/mol. The lowest BCUT2D eigenvalue weighted by molar-refractivity contribution is -0.138. The largest absolute Gasteiger partial charge is 0.398 e. The second-order valence-corrected chi connectivity index (χ2v) is 4.91. The zero-order valence-corrected chi connectivity index (χ0v) is 11.4.